The fourth-order valence-corrected chi connectivity index (χ4v) is 3.35. The number of amides is 2. The maximum Gasteiger partial charge on any atom is 0.226 e. The van der Waals surface area contributed by atoms with Gasteiger partial charge in [-0.15, -0.1) is 0 Å². The molecular formula is C21H24N2O2. The summed E-state index contributed by atoms with van der Waals surface area (Å²) < 4.78 is 0. The monoisotopic (exact) mass is 336 g/mol. The van der Waals surface area contributed by atoms with Gasteiger partial charge < -0.3 is 10.2 Å². The molecule has 1 heterocycles. The van der Waals surface area contributed by atoms with Crippen LogP contribution < -0.4 is 5.32 Å². The van der Waals surface area contributed by atoms with Crippen molar-refractivity contribution in [2.45, 2.75) is 26.4 Å². The number of hydrogen-bond acceptors (Lipinski definition) is 2. The number of likely N-dealkylation sites (tertiary alicyclic amines) is 1. The Bertz CT molecular complexity index is 715. The average Bonchev–Trinajstić information content (AvgIpc) is 2.89. The maximum atomic E-state index is 12.7. The quantitative estimate of drug-likeness (QED) is 0.882. The van der Waals surface area contributed by atoms with Crippen molar-refractivity contribution in [2.24, 2.45) is 11.8 Å². The van der Waals surface area contributed by atoms with Crippen LogP contribution in [0.5, 0.6) is 0 Å². The zero-order valence-corrected chi connectivity index (χ0v) is 14.5. The van der Waals surface area contributed by atoms with Crippen molar-refractivity contribution < 1.29 is 9.59 Å². The van der Waals surface area contributed by atoms with Gasteiger partial charge >= 0.3 is 0 Å². The van der Waals surface area contributed by atoms with Crippen LogP contribution >= 0.6 is 0 Å². The van der Waals surface area contributed by atoms with E-state index in [9.17, 15) is 9.59 Å². The summed E-state index contributed by atoms with van der Waals surface area (Å²) in [5, 5.41) is 2.92. The van der Waals surface area contributed by atoms with Crippen LogP contribution in [0.3, 0.4) is 0 Å². The minimum atomic E-state index is -0.223. The van der Waals surface area contributed by atoms with Crippen LogP contribution in [0.2, 0.25) is 0 Å². The number of rotatable bonds is 6. The van der Waals surface area contributed by atoms with Crippen LogP contribution in [0.1, 0.15) is 24.5 Å². The minimum Gasteiger partial charge on any atom is -0.352 e. The molecule has 2 atom stereocenters. The van der Waals surface area contributed by atoms with E-state index in [1.165, 1.54) is 0 Å². The van der Waals surface area contributed by atoms with E-state index in [4.69, 9.17) is 0 Å². The van der Waals surface area contributed by atoms with Crippen LogP contribution in [0.15, 0.2) is 60.7 Å². The van der Waals surface area contributed by atoms with Gasteiger partial charge in [0.1, 0.15) is 0 Å². The maximum absolute atomic E-state index is 12.7. The van der Waals surface area contributed by atoms with Gasteiger partial charge in [0.15, 0.2) is 0 Å². The van der Waals surface area contributed by atoms with Crippen molar-refractivity contribution in [1.82, 2.24) is 10.2 Å². The molecule has 0 aliphatic carbocycles. The predicted octanol–water partition coefficient (Wildman–Crippen LogP) is 2.99. The summed E-state index contributed by atoms with van der Waals surface area (Å²) in [5.74, 6) is 0.00000136. The number of benzene rings is 2. The third-order valence-electron chi connectivity index (χ3n) is 4.78. The molecule has 4 heteroatoms. The second kappa shape index (κ2) is 7.97. The van der Waals surface area contributed by atoms with Crippen LogP contribution in [-0.4, -0.2) is 23.3 Å². The van der Waals surface area contributed by atoms with Crippen LogP contribution in [0.4, 0.5) is 0 Å². The first-order valence-electron chi connectivity index (χ1n) is 8.77. The lowest BCUT2D eigenvalue weighted by molar-refractivity contribution is -0.134. The molecule has 1 fully saturated rings. The predicted molar refractivity (Wildman–Crippen MR) is 97.4 cm³/mol. The fourth-order valence-electron chi connectivity index (χ4n) is 3.35. The molecular weight excluding hydrogens is 312 g/mol. The van der Waals surface area contributed by atoms with Gasteiger partial charge in [0.2, 0.25) is 11.8 Å². The molecule has 25 heavy (non-hydrogen) atoms. The number of hydrogen-bond donors (Lipinski definition) is 1. The minimum absolute atomic E-state index is 0.0596. The van der Waals surface area contributed by atoms with E-state index in [2.05, 4.69) is 12.2 Å². The van der Waals surface area contributed by atoms with E-state index < -0.39 is 0 Å². The van der Waals surface area contributed by atoms with Gasteiger partial charge in [-0.3, -0.25) is 9.59 Å². The fraction of sp³-hybridized carbons (Fsp3) is 0.333. The Morgan fingerprint density at radius 1 is 1.04 bits per heavy atom. The highest BCUT2D eigenvalue weighted by molar-refractivity contribution is 5.87. The van der Waals surface area contributed by atoms with Gasteiger partial charge in [-0.1, -0.05) is 67.6 Å². The van der Waals surface area contributed by atoms with Crippen molar-refractivity contribution in [1.29, 1.82) is 0 Å². The zero-order chi connectivity index (χ0) is 17.6. The molecule has 3 rings (SSSR count). The molecule has 2 amide bonds. The average molecular weight is 336 g/mol. The van der Waals surface area contributed by atoms with E-state index >= 15 is 0 Å². The first-order chi connectivity index (χ1) is 12.1. The van der Waals surface area contributed by atoms with E-state index in [0.717, 1.165) is 11.1 Å². The Hall–Kier alpha value is -2.62. The summed E-state index contributed by atoms with van der Waals surface area (Å²) in [5.41, 5.74) is 2.18. The highest BCUT2D eigenvalue weighted by atomic mass is 16.2. The lowest BCUT2D eigenvalue weighted by atomic mass is 9.94. The summed E-state index contributed by atoms with van der Waals surface area (Å²) in [6.07, 6.45) is 0.262. The van der Waals surface area contributed by atoms with Gasteiger partial charge in [0.25, 0.3) is 0 Å². The highest BCUT2D eigenvalue weighted by Crippen LogP contribution is 2.28. The van der Waals surface area contributed by atoms with Crippen molar-refractivity contribution in [3.63, 3.8) is 0 Å². The summed E-state index contributed by atoms with van der Waals surface area (Å²) in [6.45, 7) is 3.89. The van der Waals surface area contributed by atoms with Gasteiger partial charge in [-0.2, -0.15) is 0 Å². The van der Waals surface area contributed by atoms with E-state index in [-0.39, 0.29) is 30.1 Å². The van der Waals surface area contributed by atoms with Crippen LogP contribution in [0, 0.1) is 11.8 Å². The molecule has 0 unspecified atom stereocenters. The van der Waals surface area contributed by atoms with Crippen LogP contribution in [0.25, 0.3) is 0 Å². The molecule has 0 radical (unpaired) electrons. The van der Waals surface area contributed by atoms with Crippen molar-refractivity contribution >= 4 is 11.8 Å². The largest absolute Gasteiger partial charge is 0.352 e. The third kappa shape index (κ3) is 4.47. The van der Waals surface area contributed by atoms with E-state index in [1.807, 2.05) is 65.6 Å². The second-order valence-electron chi connectivity index (χ2n) is 6.75. The Labute approximate surface area is 148 Å². The summed E-state index contributed by atoms with van der Waals surface area (Å²) in [6, 6.07) is 19.8. The number of nitrogens with zero attached hydrogens (tertiary/aromatic N) is 1. The highest BCUT2D eigenvalue weighted by Gasteiger charge is 2.38. The topological polar surface area (TPSA) is 49.4 Å². The lowest BCUT2D eigenvalue weighted by Gasteiger charge is -2.16. The molecule has 1 aliphatic heterocycles. The molecule has 1 N–H and O–H groups in total. The molecule has 1 saturated heterocycles. The molecule has 2 aromatic rings. The smallest absolute Gasteiger partial charge is 0.226 e. The third-order valence-corrected chi connectivity index (χ3v) is 4.78. The van der Waals surface area contributed by atoms with Crippen LogP contribution in [-0.2, 0) is 22.7 Å². The Balaban J connectivity index is 1.53. The molecule has 0 aromatic heterocycles. The zero-order valence-electron chi connectivity index (χ0n) is 14.5. The number of carbonyl (C=O) groups is 2. The molecule has 0 saturated carbocycles. The van der Waals surface area contributed by atoms with E-state index in [1.54, 1.807) is 0 Å². The molecule has 4 nitrogen and oxygen atoms in total. The van der Waals surface area contributed by atoms with Crippen molar-refractivity contribution in [2.75, 3.05) is 6.54 Å². The molecule has 130 valence electrons. The van der Waals surface area contributed by atoms with E-state index in [0.29, 0.717) is 19.6 Å². The molecule has 0 bridgehead atoms. The molecule has 2 aromatic carbocycles. The normalized spacial score (nSPS) is 19.9. The number of nitrogens with one attached hydrogen (secondary N) is 1. The van der Waals surface area contributed by atoms with Gasteiger partial charge in [0.05, 0.1) is 5.92 Å². The Morgan fingerprint density at radius 3 is 2.28 bits per heavy atom. The lowest BCUT2D eigenvalue weighted by Crippen LogP contribution is -2.31. The summed E-state index contributed by atoms with van der Waals surface area (Å²) in [7, 11) is 0. The summed E-state index contributed by atoms with van der Waals surface area (Å²) >= 11 is 0. The van der Waals surface area contributed by atoms with Crippen molar-refractivity contribution in [3.05, 3.63) is 71.8 Å². The number of carbonyl (C=O) groups excluding carboxylic acids is 2. The standard InChI is InChI=1S/C21H24N2O2/c1-16-14-23(15-18-10-6-3-7-11-18)21(25)19(16)12-20(24)22-13-17-8-4-2-5-9-17/h2-11,16,19H,12-15H2,1H3,(H,22,24)/t16-,19+/m0/s1. The Kier molecular flexibility index (Phi) is 5.49. The first-order valence-corrected chi connectivity index (χ1v) is 8.77. The molecule has 0 spiro atoms. The van der Waals surface area contributed by atoms with Gasteiger partial charge in [-0.25, -0.2) is 0 Å². The van der Waals surface area contributed by atoms with Crippen molar-refractivity contribution in [3.8, 4) is 0 Å². The summed E-state index contributed by atoms with van der Waals surface area (Å²) in [4.78, 5) is 26.8. The first kappa shape index (κ1) is 17.2. The van der Waals surface area contributed by atoms with Gasteiger partial charge in [0, 0.05) is 26.1 Å². The second-order valence-corrected chi connectivity index (χ2v) is 6.75. The Morgan fingerprint density at radius 2 is 1.64 bits per heavy atom. The molecule has 1 aliphatic rings. The van der Waals surface area contributed by atoms with Gasteiger partial charge in [-0.05, 0) is 17.0 Å². The SMILES string of the molecule is C[C@H]1CN(Cc2ccccc2)C(=O)[C@@H]1CC(=O)NCc1ccccc1.